The largest absolute Gasteiger partial charge is 0.458 e. The van der Waals surface area contributed by atoms with Crippen LogP contribution in [0.5, 0.6) is 17.5 Å². The lowest BCUT2D eigenvalue weighted by molar-refractivity contribution is 0.0938. The maximum absolute atomic E-state index is 12.5. The number of urea groups is 1. The van der Waals surface area contributed by atoms with Gasteiger partial charge in [0.25, 0.3) is 0 Å². The number of fused-ring (bicyclic) bond motifs is 1. The van der Waals surface area contributed by atoms with Gasteiger partial charge in [-0.3, -0.25) is 0 Å². The molecule has 1 N–H and O–H groups in total. The molecule has 136 valence electrons. The van der Waals surface area contributed by atoms with Crippen LogP contribution in [-0.2, 0) is 6.54 Å². The molecule has 1 aromatic heterocycles. The van der Waals surface area contributed by atoms with Crippen LogP contribution >= 0.6 is 0 Å². The summed E-state index contributed by atoms with van der Waals surface area (Å²) in [5.74, 6) is 1.45. The molecule has 8 nitrogen and oxygen atoms in total. The Labute approximate surface area is 151 Å². The van der Waals surface area contributed by atoms with Gasteiger partial charge < -0.3 is 24.4 Å². The molecule has 0 radical (unpaired) electrons. The number of aromatic nitrogens is 2. The number of nitrogens with zero attached hydrogens (tertiary/aromatic N) is 3. The van der Waals surface area contributed by atoms with Crippen LogP contribution in [0, 0.1) is 0 Å². The van der Waals surface area contributed by atoms with E-state index in [4.69, 9.17) is 14.2 Å². The second-order valence-corrected chi connectivity index (χ2v) is 6.21. The van der Waals surface area contributed by atoms with E-state index in [1.165, 1.54) is 0 Å². The average molecular weight is 356 g/mol. The zero-order valence-corrected chi connectivity index (χ0v) is 14.3. The van der Waals surface area contributed by atoms with E-state index < -0.39 is 0 Å². The van der Waals surface area contributed by atoms with Gasteiger partial charge in [0.1, 0.15) is 6.10 Å². The summed E-state index contributed by atoms with van der Waals surface area (Å²) in [7, 11) is 0. The van der Waals surface area contributed by atoms with Crippen LogP contribution in [-0.4, -0.2) is 46.9 Å². The lowest BCUT2D eigenvalue weighted by atomic mass is 10.1. The first-order valence-corrected chi connectivity index (χ1v) is 8.63. The summed E-state index contributed by atoms with van der Waals surface area (Å²) < 4.78 is 16.4. The van der Waals surface area contributed by atoms with E-state index in [0.717, 1.165) is 24.2 Å². The molecule has 1 aromatic carbocycles. The summed E-state index contributed by atoms with van der Waals surface area (Å²) in [6, 6.07) is 7.64. The van der Waals surface area contributed by atoms with Crippen LogP contribution in [0.25, 0.3) is 0 Å². The van der Waals surface area contributed by atoms with Crippen molar-refractivity contribution in [2.45, 2.75) is 25.5 Å². The topological polar surface area (TPSA) is 85.8 Å². The van der Waals surface area contributed by atoms with Crippen molar-refractivity contribution in [3.8, 4) is 17.5 Å². The zero-order chi connectivity index (χ0) is 17.8. The quantitative estimate of drug-likeness (QED) is 0.901. The second kappa shape index (κ2) is 7.47. The Morgan fingerprint density at radius 2 is 2.12 bits per heavy atom. The fraction of sp³-hybridized carbons (Fsp3) is 0.389. The maximum atomic E-state index is 12.5. The SMILES string of the molecule is O=C(NCc1ccc2c(c1)OCO2)N1CCCC(Oc2ncccn2)C1. The Morgan fingerprint density at radius 3 is 3.00 bits per heavy atom. The lowest BCUT2D eigenvalue weighted by Crippen LogP contribution is -2.48. The van der Waals surface area contributed by atoms with Gasteiger partial charge in [0.05, 0.1) is 6.54 Å². The predicted molar refractivity (Wildman–Crippen MR) is 92.1 cm³/mol. The Hall–Kier alpha value is -3.03. The van der Waals surface area contributed by atoms with Crippen LogP contribution < -0.4 is 19.5 Å². The number of ether oxygens (including phenoxy) is 3. The molecule has 0 spiro atoms. The van der Waals surface area contributed by atoms with Crippen molar-refractivity contribution in [3.05, 3.63) is 42.2 Å². The van der Waals surface area contributed by atoms with Crippen molar-refractivity contribution in [1.82, 2.24) is 20.2 Å². The van der Waals surface area contributed by atoms with Gasteiger partial charge in [-0.1, -0.05) is 6.07 Å². The lowest BCUT2D eigenvalue weighted by Gasteiger charge is -2.32. The van der Waals surface area contributed by atoms with E-state index in [0.29, 0.717) is 31.4 Å². The average Bonchev–Trinajstić information content (AvgIpc) is 3.15. The molecule has 8 heteroatoms. The molecular formula is C18H20N4O4. The standard InChI is InChI=1S/C18H20N4O4/c23-18(21-10-13-4-5-15-16(9-13)25-12-24-15)22-8-1-3-14(11-22)26-17-19-6-2-7-20-17/h2,4-7,9,14H,1,3,8,10-12H2,(H,21,23). The predicted octanol–water partition coefficient (Wildman–Crippen LogP) is 1.96. The summed E-state index contributed by atoms with van der Waals surface area (Å²) in [6.07, 6.45) is 4.95. The highest BCUT2D eigenvalue weighted by molar-refractivity contribution is 5.74. The molecule has 2 amide bonds. The van der Waals surface area contributed by atoms with E-state index in [1.54, 1.807) is 23.4 Å². The van der Waals surface area contributed by atoms with Gasteiger partial charge in [-0.25, -0.2) is 14.8 Å². The molecule has 2 aliphatic rings. The summed E-state index contributed by atoms with van der Waals surface area (Å²) >= 11 is 0. The number of rotatable bonds is 4. The van der Waals surface area contributed by atoms with Gasteiger partial charge in [-0.15, -0.1) is 0 Å². The number of hydrogen-bond acceptors (Lipinski definition) is 6. The number of carbonyl (C=O) groups is 1. The molecule has 1 unspecified atom stereocenters. The van der Waals surface area contributed by atoms with E-state index in [1.807, 2.05) is 18.2 Å². The Morgan fingerprint density at radius 1 is 1.27 bits per heavy atom. The molecule has 26 heavy (non-hydrogen) atoms. The highest BCUT2D eigenvalue weighted by atomic mass is 16.7. The molecule has 1 saturated heterocycles. The molecular weight excluding hydrogens is 336 g/mol. The summed E-state index contributed by atoms with van der Waals surface area (Å²) in [6.45, 7) is 1.90. The Balaban J connectivity index is 1.30. The van der Waals surface area contributed by atoms with Gasteiger partial charge in [-0.05, 0) is 36.6 Å². The van der Waals surface area contributed by atoms with E-state index in [9.17, 15) is 4.79 Å². The van der Waals surface area contributed by atoms with E-state index in [2.05, 4.69) is 15.3 Å². The molecule has 1 fully saturated rings. The van der Waals surface area contributed by atoms with Gasteiger partial charge in [0.15, 0.2) is 11.5 Å². The first-order valence-electron chi connectivity index (χ1n) is 8.63. The van der Waals surface area contributed by atoms with Crippen molar-refractivity contribution in [2.24, 2.45) is 0 Å². The molecule has 2 aliphatic heterocycles. The summed E-state index contributed by atoms with van der Waals surface area (Å²) in [5.41, 5.74) is 0.963. The van der Waals surface area contributed by atoms with Gasteiger partial charge >= 0.3 is 12.0 Å². The van der Waals surface area contributed by atoms with Crippen LogP contribution in [0.3, 0.4) is 0 Å². The minimum Gasteiger partial charge on any atom is -0.458 e. The second-order valence-electron chi connectivity index (χ2n) is 6.21. The first-order chi connectivity index (χ1) is 12.8. The third kappa shape index (κ3) is 3.79. The van der Waals surface area contributed by atoms with Crippen molar-refractivity contribution < 1.29 is 19.0 Å². The number of carbonyl (C=O) groups excluding carboxylic acids is 1. The number of nitrogens with one attached hydrogen (secondary N) is 1. The molecule has 0 aliphatic carbocycles. The third-order valence-electron chi connectivity index (χ3n) is 4.36. The zero-order valence-electron chi connectivity index (χ0n) is 14.3. The van der Waals surface area contributed by atoms with E-state index >= 15 is 0 Å². The fourth-order valence-electron chi connectivity index (χ4n) is 3.05. The molecule has 4 rings (SSSR count). The molecule has 0 bridgehead atoms. The Kier molecular flexibility index (Phi) is 4.72. The normalized spacial score (nSPS) is 18.5. The maximum Gasteiger partial charge on any atom is 0.317 e. The smallest absolute Gasteiger partial charge is 0.317 e. The minimum atomic E-state index is -0.107. The number of benzene rings is 1. The van der Waals surface area contributed by atoms with Gasteiger partial charge in [0, 0.05) is 25.5 Å². The van der Waals surface area contributed by atoms with Crippen LogP contribution in [0.15, 0.2) is 36.7 Å². The van der Waals surface area contributed by atoms with Crippen LogP contribution in [0.2, 0.25) is 0 Å². The van der Waals surface area contributed by atoms with Crippen molar-refractivity contribution in [3.63, 3.8) is 0 Å². The molecule has 1 atom stereocenters. The fourth-order valence-corrected chi connectivity index (χ4v) is 3.05. The van der Waals surface area contributed by atoms with Crippen molar-refractivity contribution >= 4 is 6.03 Å². The number of piperidine rings is 1. The highest BCUT2D eigenvalue weighted by Gasteiger charge is 2.25. The van der Waals surface area contributed by atoms with Crippen LogP contribution in [0.1, 0.15) is 18.4 Å². The molecule has 0 saturated carbocycles. The number of likely N-dealkylation sites (tertiary alicyclic amines) is 1. The monoisotopic (exact) mass is 356 g/mol. The van der Waals surface area contributed by atoms with Crippen molar-refractivity contribution in [1.29, 1.82) is 0 Å². The van der Waals surface area contributed by atoms with Gasteiger partial charge in [-0.2, -0.15) is 0 Å². The summed E-state index contributed by atoms with van der Waals surface area (Å²) in [5, 5.41) is 2.95. The van der Waals surface area contributed by atoms with Crippen LogP contribution in [0.4, 0.5) is 4.79 Å². The molecule has 2 aromatic rings. The minimum absolute atomic E-state index is 0.0950. The molecule has 3 heterocycles. The third-order valence-corrected chi connectivity index (χ3v) is 4.36. The number of amides is 2. The van der Waals surface area contributed by atoms with Gasteiger partial charge in [0.2, 0.25) is 6.79 Å². The Bertz CT molecular complexity index is 771. The van der Waals surface area contributed by atoms with Crippen molar-refractivity contribution in [2.75, 3.05) is 19.9 Å². The van der Waals surface area contributed by atoms with E-state index in [-0.39, 0.29) is 18.9 Å². The number of hydrogen-bond donors (Lipinski definition) is 1. The summed E-state index contributed by atoms with van der Waals surface area (Å²) in [4.78, 5) is 22.4. The first kappa shape index (κ1) is 16.4. The highest BCUT2D eigenvalue weighted by Crippen LogP contribution is 2.32.